The maximum Gasteiger partial charge on any atom is 0.326 e. The fourth-order valence-corrected chi connectivity index (χ4v) is 1.38. The molecule has 1 rings (SSSR count). The molecule has 0 saturated carbocycles. The number of rotatable bonds is 5. The zero-order chi connectivity index (χ0) is 14.4. The molecule has 19 heavy (non-hydrogen) atoms. The Bertz CT molecular complexity index is 501. The number of carbonyl (C=O) groups excluding carboxylic acids is 2. The van der Waals surface area contributed by atoms with E-state index in [4.69, 9.17) is 5.11 Å². The highest BCUT2D eigenvalue weighted by Gasteiger charge is 2.24. The zero-order valence-corrected chi connectivity index (χ0v) is 10.5. The van der Waals surface area contributed by atoms with Gasteiger partial charge in [0.25, 0.3) is 5.91 Å². The lowest BCUT2D eigenvalue weighted by molar-refractivity contribution is -0.147. The van der Waals surface area contributed by atoms with Gasteiger partial charge < -0.3 is 15.2 Å². The van der Waals surface area contributed by atoms with Gasteiger partial charge in [-0.05, 0) is 19.1 Å². The molecule has 1 aromatic rings. The van der Waals surface area contributed by atoms with Crippen LogP contribution in [0.3, 0.4) is 0 Å². The number of ether oxygens (including phenoxy) is 1. The van der Waals surface area contributed by atoms with Crippen molar-refractivity contribution in [2.24, 2.45) is 0 Å². The van der Waals surface area contributed by atoms with Crippen molar-refractivity contribution in [3.8, 4) is 0 Å². The summed E-state index contributed by atoms with van der Waals surface area (Å²) in [4.78, 5) is 37.8. The number of aliphatic carboxylic acids is 1. The highest BCUT2D eigenvalue weighted by atomic mass is 16.5. The molecule has 0 bridgehead atoms. The van der Waals surface area contributed by atoms with Crippen molar-refractivity contribution in [2.75, 3.05) is 7.11 Å². The Kier molecular flexibility index (Phi) is 4.99. The van der Waals surface area contributed by atoms with Crippen molar-refractivity contribution in [3.05, 3.63) is 29.6 Å². The third kappa shape index (κ3) is 4.38. The highest BCUT2D eigenvalue weighted by Crippen LogP contribution is 2.03. The molecule has 7 nitrogen and oxygen atoms in total. The van der Waals surface area contributed by atoms with E-state index in [1.165, 1.54) is 18.3 Å². The average Bonchev–Trinajstić information content (AvgIpc) is 2.37. The number of carboxylic acid groups (broad SMARTS) is 1. The first-order chi connectivity index (χ1) is 8.93. The van der Waals surface area contributed by atoms with E-state index >= 15 is 0 Å². The number of esters is 1. The second-order valence-electron chi connectivity index (χ2n) is 3.83. The fourth-order valence-electron chi connectivity index (χ4n) is 1.38. The number of nitrogens with one attached hydrogen (secondary N) is 1. The molecule has 0 saturated heterocycles. The van der Waals surface area contributed by atoms with Crippen molar-refractivity contribution in [1.82, 2.24) is 10.3 Å². The van der Waals surface area contributed by atoms with Gasteiger partial charge in [-0.3, -0.25) is 14.6 Å². The minimum atomic E-state index is -1.33. The van der Waals surface area contributed by atoms with Crippen LogP contribution in [-0.4, -0.2) is 41.1 Å². The summed E-state index contributed by atoms with van der Waals surface area (Å²) in [6.45, 7) is 1.71. The summed E-state index contributed by atoms with van der Waals surface area (Å²) in [5.74, 6) is -2.59. The predicted molar refractivity (Wildman–Crippen MR) is 64.5 cm³/mol. The molecule has 0 spiro atoms. The fraction of sp³-hybridized carbons (Fsp3) is 0.333. The lowest BCUT2D eigenvalue weighted by atomic mass is 10.1. The van der Waals surface area contributed by atoms with Gasteiger partial charge >= 0.3 is 11.9 Å². The molecular weight excluding hydrogens is 252 g/mol. The van der Waals surface area contributed by atoms with Crippen molar-refractivity contribution in [2.45, 2.75) is 19.4 Å². The van der Waals surface area contributed by atoms with Crippen LogP contribution >= 0.6 is 0 Å². The van der Waals surface area contributed by atoms with Crippen molar-refractivity contribution >= 4 is 17.8 Å². The van der Waals surface area contributed by atoms with Crippen LogP contribution in [0.5, 0.6) is 0 Å². The van der Waals surface area contributed by atoms with Gasteiger partial charge in [0.2, 0.25) is 0 Å². The van der Waals surface area contributed by atoms with Crippen LogP contribution in [0, 0.1) is 6.92 Å². The molecule has 0 aliphatic heterocycles. The van der Waals surface area contributed by atoms with Crippen LogP contribution in [0.4, 0.5) is 0 Å². The van der Waals surface area contributed by atoms with Gasteiger partial charge in [0.15, 0.2) is 0 Å². The molecule has 1 atom stereocenters. The van der Waals surface area contributed by atoms with E-state index in [1.807, 2.05) is 0 Å². The second-order valence-corrected chi connectivity index (χ2v) is 3.83. The molecule has 102 valence electrons. The number of amides is 1. The van der Waals surface area contributed by atoms with Crippen LogP contribution in [0.25, 0.3) is 0 Å². The van der Waals surface area contributed by atoms with Crippen molar-refractivity contribution in [1.29, 1.82) is 0 Å². The van der Waals surface area contributed by atoms with Crippen LogP contribution in [-0.2, 0) is 14.3 Å². The molecule has 0 fully saturated rings. The third-order valence-electron chi connectivity index (χ3n) is 2.36. The number of hydrogen-bond acceptors (Lipinski definition) is 5. The Balaban J connectivity index is 2.77. The van der Waals surface area contributed by atoms with Crippen molar-refractivity contribution < 1.29 is 24.2 Å². The Morgan fingerprint density at radius 2 is 2.16 bits per heavy atom. The quantitative estimate of drug-likeness (QED) is 0.734. The molecular formula is C12H14N2O5. The molecule has 1 amide bonds. The van der Waals surface area contributed by atoms with Gasteiger partial charge in [-0.1, -0.05) is 0 Å². The predicted octanol–water partition coefficient (Wildman–Crippen LogP) is 0.136. The van der Waals surface area contributed by atoms with E-state index in [1.54, 1.807) is 6.92 Å². The zero-order valence-electron chi connectivity index (χ0n) is 10.5. The second kappa shape index (κ2) is 6.48. The smallest absolute Gasteiger partial charge is 0.326 e. The first kappa shape index (κ1) is 14.6. The summed E-state index contributed by atoms with van der Waals surface area (Å²) in [6.07, 6.45) is 1.02. The summed E-state index contributed by atoms with van der Waals surface area (Å²) in [5.41, 5.74) is 0.913. The number of hydrogen-bond donors (Lipinski definition) is 2. The minimum absolute atomic E-state index is 0.281. The monoisotopic (exact) mass is 266 g/mol. The molecule has 0 aromatic carbocycles. The highest BCUT2D eigenvalue weighted by molar-refractivity contribution is 5.97. The Morgan fingerprint density at radius 3 is 2.68 bits per heavy atom. The number of nitrogens with zero attached hydrogens (tertiary/aromatic N) is 1. The molecule has 0 aliphatic rings. The summed E-state index contributed by atoms with van der Waals surface area (Å²) in [6, 6.07) is 1.65. The molecule has 1 heterocycles. The van der Waals surface area contributed by atoms with Crippen LogP contribution in [0.1, 0.15) is 22.5 Å². The third-order valence-corrected chi connectivity index (χ3v) is 2.36. The van der Waals surface area contributed by atoms with E-state index in [0.717, 1.165) is 7.11 Å². The summed E-state index contributed by atoms with van der Waals surface area (Å²) < 4.78 is 4.37. The average molecular weight is 266 g/mol. The SMILES string of the molecule is COC(=O)C[C@H](NC(=O)c1ccnc(C)c1)C(=O)O. The number of carboxylic acids is 1. The van der Waals surface area contributed by atoms with Gasteiger partial charge in [-0.25, -0.2) is 4.79 Å². The first-order valence-corrected chi connectivity index (χ1v) is 5.47. The Hall–Kier alpha value is -2.44. The van der Waals surface area contributed by atoms with Gasteiger partial charge in [0, 0.05) is 17.5 Å². The minimum Gasteiger partial charge on any atom is -0.480 e. The van der Waals surface area contributed by atoms with Crippen molar-refractivity contribution in [3.63, 3.8) is 0 Å². The number of pyridine rings is 1. The van der Waals surface area contributed by atoms with E-state index in [9.17, 15) is 14.4 Å². The van der Waals surface area contributed by atoms with Gasteiger partial charge in [-0.15, -0.1) is 0 Å². The molecule has 0 radical (unpaired) electrons. The van der Waals surface area contributed by atoms with Gasteiger partial charge in [0.05, 0.1) is 13.5 Å². The molecule has 0 aliphatic carbocycles. The number of aromatic nitrogens is 1. The lowest BCUT2D eigenvalue weighted by Gasteiger charge is -2.13. The topological polar surface area (TPSA) is 106 Å². The summed E-state index contributed by atoms with van der Waals surface area (Å²) in [7, 11) is 1.15. The van der Waals surface area contributed by atoms with E-state index in [-0.39, 0.29) is 5.56 Å². The largest absolute Gasteiger partial charge is 0.480 e. The maximum absolute atomic E-state index is 11.8. The summed E-state index contributed by atoms with van der Waals surface area (Å²) in [5, 5.41) is 11.2. The number of aryl methyl sites for hydroxylation is 1. The molecule has 0 unspecified atom stereocenters. The maximum atomic E-state index is 11.8. The normalized spacial score (nSPS) is 11.5. The van der Waals surface area contributed by atoms with Crippen LogP contribution in [0.15, 0.2) is 18.3 Å². The first-order valence-electron chi connectivity index (χ1n) is 5.47. The molecule has 2 N–H and O–H groups in total. The van der Waals surface area contributed by atoms with Crippen LogP contribution in [0.2, 0.25) is 0 Å². The Labute approximate surface area is 109 Å². The van der Waals surface area contributed by atoms with Crippen LogP contribution < -0.4 is 5.32 Å². The van der Waals surface area contributed by atoms with E-state index < -0.39 is 30.3 Å². The van der Waals surface area contributed by atoms with E-state index in [2.05, 4.69) is 15.0 Å². The summed E-state index contributed by atoms with van der Waals surface area (Å²) >= 11 is 0. The molecule has 7 heteroatoms. The number of methoxy groups -OCH3 is 1. The Morgan fingerprint density at radius 1 is 1.47 bits per heavy atom. The standard InChI is InChI=1S/C12H14N2O5/c1-7-5-8(3-4-13-7)11(16)14-9(12(17)18)6-10(15)19-2/h3-5,9H,6H2,1-2H3,(H,14,16)(H,17,18)/t9-/m0/s1. The number of carbonyl (C=O) groups is 3. The van der Waals surface area contributed by atoms with E-state index in [0.29, 0.717) is 5.69 Å². The molecule has 1 aromatic heterocycles. The van der Waals surface area contributed by atoms with Gasteiger partial charge in [-0.2, -0.15) is 0 Å². The van der Waals surface area contributed by atoms with Gasteiger partial charge in [0.1, 0.15) is 6.04 Å². The lowest BCUT2D eigenvalue weighted by Crippen LogP contribution is -2.42.